The first-order valence-corrected chi connectivity index (χ1v) is 11.9. The molecule has 0 saturated carbocycles. The zero-order valence-corrected chi connectivity index (χ0v) is 19.9. The van der Waals surface area contributed by atoms with Crippen molar-refractivity contribution in [3.63, 3.8) is 0 Å². The number of alkyl halides is 3. The Morgan fingerprint density at radius 3 is 2.03 bits per heavy atom. The third kappa shape index (κ3) is 6.23. The highest BCUT2D eigenvalue weighted by Crippen LogP contribution is 2.51. The lowest BCUT2D eigenvalue weighted by Gasteiger charge is -2.31. The van der Waals surface area contributed by atoms with Crippen LogP contribution >= 0.6 is 0 Å². The molecule has 0 fully saturated rings. The minimum Gasteiger partial charge on any atom is -0.370 e. The number of unbranched alkanes of at least 4 members (excludes halogenated alkanes) is 2. The Bertz CT molecular complexity index is 1060. The van der Waals surface area contributed by atoms with Gasteiger partial charge in [0.15, 0.2) is 0 Å². The highest BCUT2D eigenvalue weighted by atomic mass is 19.4. The lowest BCUT2D eigenvalue weighted by molar-refractivity contribution is -0.141. The fourth-order valence-corrected chi connectivity index (χ4v) is 4.75. The van der Waals surface area contributed by atoms with Crippen molar-refractivity contribution in [2.24, 2.45) is 11.5 Å². The maximum atomic E-state index is 13.4. The summed E-state index contributed by atoms with van der Waals surface area (Å²) in [4.78, 5) is 36.3. The summed E-state index contributed by atoms with van der Waals surface area (Å²) in [5, 5.41) is 4.83. The minimum atomic E-state index is -4.52. The molecular weight excluding hydrogens is 473 g/mol. The van der Waals surface area contributed by atoms with E-state index in [1.807, 2.05) is 24.3 Å². The molecular formula is C26H31F3N4O3. The number of hydrogen-bond acceptors (Lipinski definition) is 4. The number of amides is 3. The highest BCUT2D eigenvalue weighted by Gasteiger charge is 2.49. The molecule has 6 N–H and O–H groups in total. The molecule has 10 heteroatoms. The summed E-state index contributed by atoms with van der Waals surface area (Å²) < 4.78 is 38.8. The van der Waals surface area contributed by atoms with Crippen LogP contribution in [0.2, 0.25) is 0 Å². The molecule has 36 heavy (non-hydrogen) atoms. The van der Waals surface area contributed by atoms with Crippen LogP contribution in [0.1, 0.15) is 49.7 Å². The topological polar surface area (TPSA) is 127 Å². The van der Waals surface area contributed by atoms with Crippen LogP contribution in [0.15, 0.2) is 48.5 Å². The Morgan fingerprint density at radius 2 is 1.47 bits per heavy atom. The van der Waals surface area contributed by atoms with Gasteiger partial charge in [0.2, 0.25) is 17.7 Å². The van der Waals surface area contributed by atoms with Crippen LogP contribution in [0.5, 0.6) is 0 Å². The fraction of sp³-hybridized carbons (Fsp3) is 0.423. The first kappa shape index (κ1) is 27.2. The Balaban J connectivity index is 1.69. The standard InChI is InChI=1S/C26H31F3N4O3/c27-26(28,29)16-33-24(36)25(14-6-1-7-15-32-23(35)21(30)12-13-22(31)34)19-10-4-2-8-17(19)18-9-3-5-11-20(18)25/h2-5,8-11,21H,1,6-7,12-16,30H2,(H2,31,34)(H,32,35)(H,33,36)/t21-/m0/s1. The summed E-state index contributed by atoms with van der Waals surface area (Å²) in [5.41, 5.74) is 12.6. The van der Waals surface area contributed by atoms with Crippen LogP contribution < -0.4 is 22.1 Å². The molecule has 0 bridgehead atoms. The number of halogens is 3. The summed E-state index contributed by atoms with van der Waals surface area (Å²) in [6.45, 7) is -1.05. The summed E-state index contributed by atoms with van der Waals surface area (Å²) in [7, 11) is 0. The van der Waals surface area contributed by atoms with Crippen LogP contribution in [-0.4, -0.2) is 43.0 Å². The van der Waals surface area contributed by atoms with Gasteiger partial charge in [0, 0.05) is 13.0 Å². The summed E-state index contributed by atoms with van der Waals surface area (Å²) in [5.74, 6) is -1.58. The Kier molecular flexibility index (Phi) is 8.73. The molecule has 0 saturated heterocycles. The number of nitrogens with two attached hydrogens (primary N) is 2. The third-order valence-corrected chi connectivity index (χ3v) is 6.47. The number of primary amides is 1. The van der Waals surface area contributed by atoms with Crippen molar-refractivity contribution in [1.82, 2.24) is 10.6 Å². The largest absolute Gasteiger partial charge is 0.405 e. The molecule has 2 aromatic carbocycles. The van der Waals surface area contributed by atoms with Gasteiger partial charge in [-0.1, -0.05) is 61.4 Å². The molecule has 0 unspecified atom stereocenters. The average molecular weight is 505 g/mol. The average Bonchev–Trinajstić information content (AvgIpc) is 3.13. The van der Waals surface area contributed by atoms with Gasteiger partial charge in [-0.15, -0.1) is 0 Å². The zero-order chi connectivity index (χ0) is 26.3. The molecule has 0 heterocycles. The molecule has 0 spiro atoms. The summed E-state index contributed by atoms with van der Waals surface area (Å²) in [6.07, 6.45) is -2.24. The number of carbonyl (C=O) groups excluding carboxylic acids is 3. The van der Waals surface area contributed by atoms with E-state index in [1.54, 1.807) is 24.3 Å². The van der Waals surface area contributed by atoms with Crippen LogP contribution in [0.3, 0.4) is 0 Å². The molecule has 3 amide bonds. The second kappa shape index (κ2) is 11.6. The molecule has 7 nitrogen and oxygen atoms in total. The predicted molar refractivity (Wildman–Crippen MR) is 130 cm³/mol. The lowest BCUT2D eigenvalue weighted by atomic mass is 9.73. The number of hydrogen-bond donors (Lipinski definition) is 4. The van der Waals surface area contributed by atoms with E-state index in [4.69, 9.17) is 11.5 Å². The van der Waals surface area contributed by atoms with Crippen molar-refractivity contribution < 1.29 is 27.6 Å². The van der Waals surface area contributed by atoms with E-state index in [0.717, 1.165) is 11.1 Å². The number of carbonyl (C=O) groups is 3. The number of benzene rings is 2. The molecule has 0 aliphatic heterocycles. The van der Waals surface area contributed by atoms with E-state index in [1.165, 1.54) is 0 Å². The van der Waals surface area contributed by atoms with Gasteiger partial charge in [0.05, 0.1) is 6.04 Å². The number of fused-ring (bicyclic) bond motifs is 3. The quantitative estimate of drug-likeness (QED) is 0.332. The van der Waals surface area contributed by atoms with Gasteiger partial charge in [-0.3, -0.25) is 14.4 Å². The zero-order valence-electron chi connectivity index (χ0n) is 19.9. The van der Waals surface area contributed by atoms with E-state index in [-0.39, 0.29) is 18.7 Å². The number of nitrogens with one attached hydrogen (secondary N) is 2. The third-order valence-electron chi connectivity index (χ3n) is 6.47. The lowest BCUT2D eigenvalue weighted by Crippen LogP contribution is -2.47. The van der Waals surface area contributed by atoms with Crippen molar-refractivity contribution >= 4 is 17.7 Å². The monoisotopic (exact) mass is 504 g/mol. The van der Waals surface area contributed by atoms with E-state index in [9.17, 15) is 27.6 Å². The second-order valence-corrected chi connectivity index (χ2v) is 9.01. The Morgan fingerprint density at radius 1 is 0.889 bits per heavy atom. The number of rotatable bonds is 12. The van der Waals surface area contributed by atoms with Crippen molar-refractivity contribution in [1.29, 1.82) is 0 Å². The molecule has 2 aromatic rings. The Labute approximate surface area is 207 Å². The van der Waals surface area contributed by atoms with Crippen molar-refractivity contribution in [3.05, 3.63) is 59.7 Å². The molecule has 194 valence electrons. The fourth-order valence-electron chi connectivity index (χ4n) is 4.75. The molecule has 1 aliphatic carbocycles. The van der Waals surface area contributed by atoms with Crippen molar-refractivity contribution in [2.75, 3.05) is 13.1 Å². The van der Waals surface area contributed by atoms with Crippen LogP contribution in [0, 0.1) is 0 Å². The van der Waals surface area contributed by atoms with Gasteiger partial charge in [-0.2, -0.15) is 13.2 Å². The first-order chi connectivity index (χ1) is 17.1. The molecule has 0 aromatic heterocycles. The van der Waals surface area contributed by atoms with Crippen molar-refractivity contribution in [2.45, 2.75) is 56.2 Å². The van der Waals surface area contributed by atoms with Gasteiger partial charge in [0.1, 0.15) is 12.0 Å². The van der Waals surface area contributed by atoms with Gasteiger partial charge < -0.3 is 22.1 Å². The van der Waals surface area contributed by atoms with E-state index in [2.05, 4.69) is 10.6 Å². The first-order valence-electron chi connectivity index (χ1n) is 11.9. The summed E-state index contributed by atoms with van der Waals surface area (Å²) >= 11 is 0. The molecule has 0 radical (unpaired) electrons. The molecule has 1 atom stereocenters. The van der Waals surface area contributed by atoms with Gasteiger partial charge >= 0.3 is 6.18 Å². The van der Waals surface area contributed by atoms with Crippen LogP contribution in [0.4, 0.5) is 13.2 Å². The predicted octanol–water partition coefficient (Wildman–Crippen LogP) is 2.90. The van der Waals surface area contributed by atoms with Gasteiger partial charge in [-0.05, 0) is 41.5 Å². The van der Waals surface area contributed by atoms with E-state index in [0.29, 0.717) is 43.4 Å². The maximum Gasteiger partial charge on any atom is 0.405 e. The Hall–Kier alpha value is -3.40. The van der Waals surface area contributed by atoms with E-state index < -0.39 is 36.0 Å². The van der Waals surface area contributed by atoms with Crippen molar-refractivity contribution in [3.8, 4) is 11.1 Å². The molecule has 3 rings (SSSR count). The van der Waals surface area contributed by atoms with Gasteiger partial charge in [0.25, 0.3) is 0 Å². The minimum absolute atomic E-state index is 0.0238. The summed E-state index contributed by atoms with van der Waals surface area (Å²) in [6, 6.07) is 13.8. The van der Waals surface area contributed by atoms with Gasteiger partial charge in [-0.25, -0.2) is 0 Å². The molecule has 1 aliphatic rings. The second-order valence-electron chi connectivity index (χ2n) is 9.01. The van der Waals surface area contributed by atoms with Crippen LogP contribution in [-0.2, 0) is 19.8 Å². The SMILES string of the molecule is NC(=O)CC[C@H](N)C(=O)NCCCCCC1(C(=O)NCC(F)(F)F)c2ccccc2-c2ccccc21. The normalized spacial score (nSPS) is 14.4. The smallest absolute Gasteiger partial charge is 0.370 e. The van der Waals surface area contributed by atoms with E-state index >= 15 is 0 Å². The van der Waals surface area contributed by atoms with Crippen LogP contribution in [0.25, 0.3) is 11.1 Å². The highest BCUT2D eigenvalue weighted by molar-refractivity contribution is 6.00. The maximum absolute atomic E-state index is 13.4.